The van der Waals surface area contributed by atoms with E-state index in [9.17, 15) is 9.59 Å². The SMILES string of the molecule is O=C(O)CCCC[C@@H]1SC[C@@H]2NC(=O)N[C@@H]21.c1ccc2c(c1)Cc1ccccc1N2. The van der Waals surface area contributed by atoms with E-state index in [-0.39, 0.29) is 24.5 Å². The van der Waals surface area contributed by atoms with Crippen molar-refractivity contribution in [2.24, 2.45) is 0 Å². The number of carboxylic acid groups (broad SMARTS) is 1. The minimum atomic E-state index is -0.729. The number of carbonyl (C=O) groups is 2. The lowest BCUT2D eigenvalue weighted by molar-refractivity contribution is -0.137. The van der Waals surface area contributed by atoms with Crippen LogP contribution in [0.4, 0.5) is 16.2 Å². The normalized spacial score (nSPS) is 22.9. The molecular formula is C23H27N3O3S. The monoisotopic (exact) mass is 425 g/mol. The number of hydrogen-bond donors (Lipinski definition) is 4. The van der Waals surface area contributed by atoms with Gasteiger partial charge < -0.3 is 21.1 Å². The number of anilines is 2. The lowest BCUT2D eigenvalue weighted by Crippen LogP contribution is -2.36. The van der Waals surface area contributed by atoms with Crippen LogP contribution in [0.5, 0.6) is 0 Å². The Hall–Kier alpha value is -2.67. The van der Waals surface area contributed by atoms with E-state index in [1.165, 1.54) is 22.5 Å². The highest BCUT2D eigenvalue weighted by molar-refractivity contribution is 8.00. The maximum Gasteiger partial charge on any atom is 0.315 e. The Morgan fingerprint density at radius 2 is 1.67 bits per heavy atom. The molecule has 3 heterocycles. The zero-order chi connectivity index (χ0) is 20.9. The highest BCUT2D eigenvalue weighted by Crippen LogP contribution is 2.33. The van der Waals surface area contributed by atoms with Crippen LogP contribution in [0.3, 0.4) is 0 Å². The van der Waals surface area contributed by atoms with E-state index in [1.807, 2.05) is 11.8 Å². The molecular weight excluding hydrogens is 398 g/mol. The zero-order valence-electron chi connectivity index (χ0n) is 16.8. The molecule has 2 aromatic carbocycles. The smallest absolute Gasteiger partial charge is 0.315 e. The number of benzene rings is 2. The summed E-state index contributed by atoms with van der Waals surface area (Å²) in [5.74, 6) is 0.236. The molecule has 3 aliphatic heterocycles. The van der Waals surface area contributed by atoms with E-state index < -0.39 is 5.97 Å². The van der Waals surface area contributed by atoms with Gasteiger partial charge in [0.1, 0.15) is 0 Å². The van der Waals surface area contributed by atoms with Gasteiger partial charge in [-0.15, -0.1) is 0 Å². The first kappa shape index (κ1) is 20.6. The summed E-state index contributed by atoms with van der Waals surface area (Å²) in [6.07, 6.45) is 3.92. The zero-order valence-corrected chi connectivity index (χ0v) is 17.6. The largest absolute Gasteiger partial charge is 0.481 e. The number of rotatable bonds is 5. The Kier molecular flexibility index (Phi) is 6.47. The summed E-state index contributed by atoms with van der Waals surface area (Å²) in [5, 5.41) is 18.2. The molecule has 30 heavy (non-hydrogen) atoms. The van der Waals surface area contributed by atoms with Gasteiger partial charge in [-0.3, -0.25) is 4.79 Å². The van der Waals surface area contributed by atoms with Gasteiger partial charge in [-0.1, -0.05) is 42.8 Å². The summed E-state index contributed by atoms with van der Waals surface area (Å²) in [6, 6.07) is 17.4. The van der Waals surface area contributed by atoms with Crippen molar-refractivity contribution in [3.05, 3.63) is 59.7 Å². The molecule has 6 nitrogen and oxygen atoms in total. The fourth-order valence-electron chi connectivity index (χ4n) is 4.21. The Morgan fingerprint density at radius 1 is 1.00 bits per heavy atom. The highest BCUT2D eigenvalue weighted by Gasteiger charge is 2.42. The van der Waals surface area contributed by atoms with Crippen LogP contribution < -0.4 is 16.0 Å². The number of nitrogens with one attached hydrogen (secondary N) is 3. The average molecular weight is 426 g/mol. The maximum absolute atomic E-state index is 11.1. The Labute approximate surface area is 180 Å². The standard InChI is InChI=1S/C13H11N.C10H16N2O3S/c1-3-7-12-10(5-1)9-11-6-2-4-8-13(11)14-12;13-8(14)4-2-1-3-7-9-6(5-16-7)11-10(15)12-9/h1-8,14H,9H2;6-7,9H,1-5H2,(H,13,14)(H2,11,12,15)/t;6-,7-,9-/m.0/s1. The summed E-state index contributed by atoms with van der Waals surface area (Å²) in [5.41, 5.74) is 5.25. The fourth-order valence-corrected chi connectivity index (χ4v) is 5.75. The van der Waals surface area contributed by atoms with E-state index >= 15 is 0 Å². The fraction of sp³-hybridized carbons (Fsp3) is 0.391. The lowest BCUT2D eigenvalue weighted by Gasteiger charge is -2.20. The van der Waals surface area contributed by atoms with Gasteiger partial charge in [-0.05, 0) is 36.1 Å². The molecule has 0 spiro atoms. The Bertz CT molecular complexity index is 833. The van der Waals surface area contributed by atoms with Gasteiger partial charge in [0.2, 0.25) is 0 Å². The molecule has 0 radical (unpaired) electrons. The molecule has 0 aromatic heterocycles. The van der Waals surface area contributed by atoms with Crippen molar-refractivity contribution in [3.63, 3.8) is 0 Å². The minimum absolute atomic E-state index is 0.0640. The van der Waals surface area contributed by atoms with Gasteiger partial charge in [0.15, 0.2) is 0 Å². The summed E-state index contributed by atoms with van der Waals surface area (Å²) in [4.78, 5) is 21.5. The Balaban J connectivity index is 0.000000146. The first-order chi connectivity index (χ1) is 14.6. The van der Waals surface area contributed by atoms with Crippen molar-refractivity contribution in [1.29, 1.82) is 0 Å². The van der Waals surface area contributed by atoms with Crippen molar-refractivity contribution < 1.29 is 14.7 Å². The van der Waals surface area contributed by atoms with E-state index in [4.69, 9.17) is 5.11 Å². The van der Waals surface area contributed by atoms with Gasteiger partial charge >= 0.3 is 12.0 Å². The van der Waals surface area contributed by atoms with Crippen molar-refractivity contribution in [1.82, 2.24) is 10.6 Å². The number of carboxylic acids is 1. The van der Waals surface area contributed by atoms with Crippen LogP contribution >= 0.6 is 11.8 Å². The topological polar surface area (TPSA) is 90.5 Å². The molecule has 0 aliphatic carbocycles. The van der Waals surface area contributed by atoms with Crippen molar-refractivity contribution in [2.75, 3.05) is 11.1 Å². The third-order valence-electron chi connectivity index (χ3n) is 5.75. The van der Waals surface area contributed by atoms with Gasteiger partial charge in [-0.2, -0.15) is 11.8 Å². The second-order valence-electron chi connectivity index (χ2n) is 7.88. The van der Waals surface area contributed by atoms with Crippen LogP contribution in [0.1, 0.15) is 36.8 Å². The summed E-state index contributed by atoms with van der Waals surface area (Å²) in [6.45, 7) is 0. The summed E-state index contributed by atoms with van der Waals surface area (Å²) >= 11 is 1.87. The minimum Gasteiger partial charge on any atom is -0.481 e. The van der Waals surface area contributed by atoms with Crippen molar-refractivity contribution in [2.45, 2.75) is 49.4 Å². The van der Waals surface area contributed by atoms with Crippen LogP contribution in [0.25, 0.3) is 0 Å². The first-order valence-corrected chi connectivity index (χ1v) is 11.5. The van der Waals surface area contributed by atoms with Crippen LogP contribution in [0.15, 0.2) is 48.5 Å². The van der Waals surface area contributed by atoms with Crippen LogP contribution in [-0.4, -0.2) is 40.2 Å². The van der Waals surface area contributed by atoms with E-state index in [1.54, 1.807) is 0 Å². The third kappa shape index (κ3) is 4.90. The molecule has 158 valence electrons. The molecule has 0 bridgehead atoms. The number of hydrogen-bond acceptors (Lipinski definition) is 4. The molecule has 3 aliphatic rings. The number of thioether (sulfide) groups is 1. The molecule has 5 rings (SSSR count). The molecule has 2 fully saturated rings. The number of fused-ring (bicyclic) bond motifs is 3. The van der Waals surface area contributed by atoms with Gasteiger partial charge in [-0.25, -0.2) is 4.79 Å². The molecule has 2 amide bonds. The van der Waals surface area contributed by atoms with Crippen LogP contribution in [0.2, 0.25) is 0 Å². The summed E-state index contributed by atoms with van der Waals surface area (Å²) < 4.78 is 0. The molecule has 0 unspecified atom stereocenters. The second kappa shape index (κ2) is 9.43. The number of carbonyl (C=O) groups excluding carboxylic acids is 1. The predicted octanol–water partition coefficient (Wildman–Crippen LogP) is 4.13. The molecule has 0 saturated carbocycles. The molecule has 7 heteroatoms. The highest BCUT2D eigenvalue weighted by atomic mass is 32.2. The first-order valence-electron chi connectivity index (χ1n) is 10.4. The van der Waals surface area contributed by atoms with Gasteiger partial charge in [0.05, 0.1) is 12.1 Å². The summed E-state index contributed by atoms with van der Waals surface area (Å²) in [7, 11) is 0. The molecule has 2 saturated heterocycles. The number of aliphatic carboxylic acids is 1. The van der Waals surface area contributed by atoms with E-state index in [0.717, 1.165) is 31.4 Å². The quantitative estimate of drug-likeness (QED) is 0.364. The maximum atomic E-state index is 11.1. The third-order valence-corrected chi connectivity index (χ3v) is 7.26. The van der Waals surface area contributed by atoms with E-state index in [2.05, 4.69) is 64.5 Å². The van der Waals surface area contributed by atoms with Crippen LogP contribution in [0, 0.1) is 0 Å². The van der Waals surface area contributed by atoms with Crippen LogP contribution in [-0.2, 0) is 11.2 Å². The predicted molar refractivity (Wildman–Crippen MR) is 121 cm³/mol. The Morgan fingerprint density at radius 3 is 2.33 bits per heavy atom. The van der Waals surface area contributed by atoms with Gasteiger partial charge in [0.25, 0.3) is 0 Å². The van der Waals surface area contributed by atoms with Gasteiger partial charge in [0, 0.05) is 35.2 Å². The number of urea groups is 1. The second-order valence-corrected chi connectivity index (χ2v) is 9.15. The molecule has 3 atom stereocenters. The van der Waals surface area contributed by atoms with E-state index in [0.29, 0.717) is 5.25 Å². The molecule has 4 N–H and O–H groups in total. The lowest BCUT2D eigenvalue weighted by atomic mass is 9.98. The molecule has 2 aromatic rings. The van der Waals surface area contributed by atoms with Crippen molar-refractivity contribution >= 4 is 35.1 Å². The average Bonchev–Trinajstić information content (AvgIpc) is 3.29. The number of amides is 2. The number of unbranched alkanes of at least 4 members (excludes halogenated alkanes) is 1. The van der Waals surface area contributed by atoms with Crippen molar-refractivity contribution in [3.8, 4) is 0 Å². The number of para-hydroxylation sites is 2.